The van der Waals surface area contributed by atoms with Crippen LogP contribution in [0.3, 0.4) is 0 Å². The summed E-state index contributed by atoms with van der Waals surface area (Å²) in [5, 5.41) is 11.2. The first kappa shape index (κ1) is 22.6. The highest BCUT2D eigenvalue weighted by Crippen LogP contribution is 2.40. The summed E-state index contributed by atoms with van der Waals surface area (Å²) in [6.07, 6.45) is 0.895. The van der Waals surface area contributed by atoms with Gasteiger partial charge >= 0.3 is 0 Å². The van der Waals surface area contributed by atoms with E-state index in [1.165, 1.54) is 5.56 Å². The molecule has 3 rings (SSSR count). The molecule has 164 valence electrons. The number of Topliss-reactive ketones (excluding diaryl/α,β-unsaturated/α-hetero) is 1. The van der Waals surface area contributed by atoms with Gasteiger partial charge in [-0.2, -0.15) is 0 Å². The minimum atomic E-state index is -0.656. The van der Waals surface area contributed by atoms with Gasteiger partial charge in [-0.25, -0.2) is 0 Å². The molecule has 0 unspecified atom stereocenters. The lowest BCUT2D eigenvalue weighted by molar-refractivity contribution is -0.140. The number of hydrogen-bond acceptors (Lipinski definition) is 5. The van der Waals surface area contributed by atoms with Crippen molar-refractivity contribution in [1.29, 1.82) is 0 Å². The summed E-state index contributed by atoms with van der Waals surface area (Å²) in [5.41, 5.74) is 3.38. The molecule has 1 aliphatic rings. The Hall–Kier alpha value is -3.12. The van der Waals surface area contributed by atoms with Crippen molar-refractivity contribution in [2.24, 2.45) is 0 Å². The molecule has 2 aromatic carbocycles. The average molecular weight is 423 g/mol. The van der Waals surface area contributed by atoms with Crippen molar-refractivity contribution in [2.45, 2.75) is 26.3 Å². The zero-order chi connectivity index (χ0) is 22.7. The number of amides is 1. The average Bonchev–Trinajstić information content (AvgIpc) is 3.01. The van der Waals surface area contributed by atoms with Gasteiger partial charge in [0.1, 0.15) is 11.5 Å². The molecule has 1 fully saturated rings. The number of methoxy groups -OCH3 is 1. The molecule has 1 aliphatic heterocycles. The fourth-order valence-corrected chi connectivity index (χ4v) is 3.87. The Morgan fingerprint density at radius 3 is 2.35 bits per heavy atom. The maximum Gasteiger partial charge on any atom is 0.295 e. The van der Waals surface area contributed by atoms with E-state index in [-0.39, 0.29) is 11.3 Å². The third-order valence-corrected chi connectivity index (χ3v) is 5.72. The predicted molar refractivity (Wildman–Crippen MR) is 121 cm³/mol. The Morgan fingerprint density at radius 2 is 1.81 bits per heavy atom. The number of rotatable bonds is 7. The van der Waals surface area contributed by atoms with Crippen molar-refractivity contribution in [3.8, 4) is 5.75 Å². The number of likely N-dealkylation sites (N-methyl/N-ethyl adjacent to an activating group) is 1. The number of carbonyl (C=O) groups is 2. The number of aliphatic hydroxyl groups is 1. The number of ketones is 1. The standard InChI is InChI=1S/C25H30N2O4/c1-6-17-7-9-18(10-8-17)22-21(24(29)25(30)27(22)14-13-26(3)4)23(28)20-12-11-19(31-5)15-16(20)2/h7-12,15,22,28H,6,13-14H2,1-5H3/b23-21+/t22-/m0/s1. The van der Waals surface area contributed by atoms with E-state index in [2.05, 4.69) is 6.92 Å². The van der Waals surface area contributed by atoms with Crippen LogP contribution in [0.1, 0.15) is 35.2 Å². The molecular formula is C25H30N2O4. The highest BCUT2D eigenvalue weighted by atomic mass is 16.5. The van der Waals surface area contributed by atoms with E-state index < -0.39 is 17.7 Å². The van der Waals surface area contributed by atoms with E-state index >= 15 is 0 Å². The molecule has 6 nitrogen and oxygen atoms in total. The van der Waals surface area contributed by atoms with Crippen molar-refractivity contribution in [3.05, 3.63) is 70.3 Å². The summed E-state index contributed by atoms with van der Waals surface area (Å²) >= 11 is 0. The van der Waals surface area contributed by atoms with Crippen molar-refractivity contribution < 1.29 is 19.4 Å². The van der Waals surface area contributed by atoms with Gasteiger partial charge < -0.3 is 19.6 Å². The third-order valence-electron chi connectivity index (χ3n) is 5.72. The first-order valence-electron chi connectivity index (χ1n) is 10.5. The Labute approximate surface area is 183 Å². The Kier molecular flexibility index (Phi) is 6.81. The molecular weight excluding hydrogens is 392 g/mol. The Morgan fingerprint density at radius 1 is 1.13 bits per heavy atom. The maximum atomic E-state index is 13.1. The lowest BCUT2D eigenvalue weighted by Gasteiger charge is -2.26. The molecule has 0 radical (unpaired) electrons. The summed E-state index contributed by atoms with van der Waals surface area (Å²) in [6, 6.07) is 12.5. The largest absolute Gasteiger partial charge is 0.507 e. The second-order valence-corrected chi connectivity index (χ2v) is 8.07. The maximum absolute atomic E-state index is 13.1. The monoisotopic (exact) mass is 422 g/mol. The van der Waals surface area contributed by atoms with Crippen LogP contribution < -0.4 is 4.74 Å². The van der Waals surface area contributed by atoms with Crippen LogP contribution in [-0.4, -0.2) is 60.9 Å². The normalized spacial score (nSPS) is 18.1. The molecule has 0 aliphatic carbocycles. The molecule has 0 bridgehead atoms. The molecule has 0 aromatic heterocycles. The number of hydrogen-bond donors (Lipinski definition) is 1. The number of nitrogens with zero attached hydrogens (tertiary/aromatic N) is 2. The van der Waals surface area contributed by atoms with Crippen LogP contribution in [0.15, 0.2) is 48.0 Å². The molecule has 31 heavy (non-hydrogen) atoms. The van der Waals surface area contributed by atoms with Gasteiger partial charge in [0.25, 0.3) is 11.7 Å². The number of carbonyl (C=O) groups excluding carboxylic acids is 2. The molecule has 1 heterocycles. The fourth-order valence-electron chi connectivity index (χ4n) is 3.87. The molecule has 6 heteroatoms. The summed E-state index contributed by atoms with van der Waals surface area (Å²) in [7, 11) is 5.41. The van der Waals surface area contributed by atoms with E-state index in [4.69, 9.17) is 4.74 Å². The molecule has 1 N–H and O–H groups in total. The van der Waals surface area contributed by atoms with Crippen LogP contribution in [0.25, 0.3) is 5.76 Å². The van der Waals surface area contributed by atoms with Gasteiger partial charge in [-0.05, 0) is 62.3 Å². The van der Waals surface area contributed by atoms with E-state index in [1.54, 1.807) is 30.2 Å². The van der Waals surface area contributed by atoms with Gasteiger partial charge in [0.05, 0.1) is 18.7 Å². The summed E-state index contributed by atoms with van der Waals surface area (Å²) in [6.45, 7) is 4.91. The van der Waals surface area contributed by atoms with E-state index in [9.17, 15) is 14.7 Å². The van der Waals surface area contributed by atoms with Gasteiger partial charge in [-0.1, -0.05) is 31.2 Å². The van der Waals surface area contributed by atoms with Crippen molar-refractivity contribution in [2.75, 3.05) is 34.3 Å². The van der Waals surface area contributed by atoms with Crippen molar-refractivity contribution >= 4 is 17.4 Å². The number of aryl methyl sites for hydroxylation is 2. The SMILES string of the molecule is CCc1ccc([C@H]2/C(=C(\O)c3ccc(OC)cc3C)C(=O)C(=O)N2CCN(C)C)cc1. The van der Waals surface area contributed by atoms with Crippen molar-refractivity contribution in [3.63, 3.8) is 0 Å². The first-order valence-corrected chi connectivity index (χ1v) is 10.5. The number of likely N-dealkylation sites (tertiary alicyclic amines) is 1. The molecule has 1 amide bonds. The van der Waals surface area contributed by atoms with Gasteiger partial charge in [0.2, 0.25) is 0 Å². The van der Waals surface area contributed by atoms with Gasteiger partial charge in [0.15, 0.2) is 0 Å². The van der Waals surface area contributed by atoms with Gasteiger partial charge in [-0.3, -0.25) is 9.59 Å². The van der Waals surface area contributed by atoms with Gasteiger partial charge in [-0.15, -0.1) is 0 Å². The van der Waals surface area contributed by atoms with E-state index in [0.29, 0.717) is 24.4 Å². The minimum Gasteiger partial charge on any atom is -0.507 e. The molecule has 0 spiro atoms. The summed E-state index contributed by atoms with van der Waals surface area (Å²) in [5.74, 6) is -0.738. The fraction of sp³-hybridized carbons (Fsp3) is 0.360. The highest BCUT2D eigenvalue weighted by molar-refractivity contribution is 6.46. The smallest absolute Gasteiger partial charge is 0.295 e. The summed E-state index contributed by atoms with van der Waals surface area (Å²) in [4.78, 5) is 29.5. The van der Waals surface area contributed by atoms with E-state index in [1.807, 2.05) is 50.2 Å². The zero-order valence-corrected chi connectivity index (χ0v) is 18.8. The Bertz CT molecular complexity index is 1010. The van der Waals surface area contributed by atoms with Crippen LogP contribution in [-0.2, 0) is 16.0 Å². The lowest BCUT2D eigenvalue weighted by atomic mass is 9.93. The van der Waals surface area contributed by atoms with Gasteiger partial charge in [0, 0.05) is 18.7 Å². The molecule has 1 saturated heterocycles. The number of benzene rings is 2. The topological polar surface area (TPSA) is 70.1 Å². The first-order chi connectivity index (χ1) is 14.8. The summed E-state index contributed by atoms with van der Waals surface area (Å²) < 4.78 is 5.25. The number of ether oxygens (including phenoxy) is 1. The number of aliphatic hydroxyl groups excluding tert-OH is 1. The quantitative estimate of drug-likeness (QED) is 0.420. The Balaban J connectivity index is 2.15. The molecule has 0 saturated carbocycles. The van der Waals surface area contributed by atoms with Crippen LogP contribution >= 0.6 is 0 Å². The van der Waals surface area contributed by atoms with E-state index in [0.717, 1.165) is 17.5 Å². The predicted octanol–water partition coefficient (Wildman–Crippen LogP) is 3.55. The minimum absolute atomic E-state index is 0.126. The second-order valence-electron chi connectivity index (χ2n) is 8.07. The lowest BCUT2D eigenvalue weighted by Crippen LogP contribution is -2.35. The highest BCUT2D eigenvalue weighted by Gasteiger charge is 2.46. The van der Waals surface area contributed by atoms with Crippen molar-refractivity contribution in [1.82, 2.24) is 9.80 Å². The van der Waals surface area contributed by atoms with Crippen LogP contribution in [0.5, 0.6) is 5.75 Å². The molecule has 2 aromatic rings. The second kappa shape index (κ2) is 9.35. The van der Waals surface area contributed by atoms with Crippen LogP contribution in [0.4, 0.5) is 0 Å². The van der Waals surface area contributed by atoms with Crippen LogP contribution in [0, 0.1) is 6.92 Å². The zero-order valence-electron chi connectivity index (χ0n) is 18.8. The molecule has 1 atom stereocenters. The third kappa shape index (κ3) is 4.49. The van der Waals surface area contributed by atoms with Crippen LogP contribution in [0.2, 0.25) is 0 Å².